The molecule has 1 aliphatic rings. The summed E-state index contributed by atoms with van der Waals surface area (Å²) >= 11 is 0. The maximum absolute atomic E-state index is 12.3. The van der Waals surface area contributed by atoms with Crippen molar-refractivity contribution in [2.24, 2.45) is 0 Å². The van der Waals surface area contributed by atoms with Gasteiger partial charge in [-0.3, -0.25) is 14.3 Å². The molecule has 3 aromatic rings. The Kier molecular flexibility index (Phi) is 4.15. The van der Waals surface area contributed by atoms with E-state index in [4.69, 9.17) is 4.42 Å². The van der Waals surface area contributed by atoms with Crippen molar-refractivity contribution in [2.75, 3.05) is 32.7 Å². The van der Waals surface area contributed by atoms with Crippen LogP contribution in [0.1, 0.15) is 10.5 Å². The molecule has 0 spiro atoms. The SMILES string of the molecule is O=C(c1ccc[nH]1)N1CCN(CCn2c(=O)oc3ccccc32)CC1. The lowest BCUT2D eigenvalue weighted by Crippen LogP contribution is -2.49. The fourth-order valence-corrected chi connectivity index (χ4v) is 3.28. The zero-order chi connectivity index (χ0) is 17.2. The highest BCUT2D eigenvalue weighted by Crippen LogP contribution is 2.12. The van der Waals surface area contributed by atoms with Crippen LogP contribution in [0.4, 0.5) is 0 Å². The maximum atomic E-state index is 12.3. The summed E-state index contributed by atoms with van der Waals surface area (Å²) in [7, 11) is 0. The molecule has 7 heteroatoms. The third-order valence-electron chi connectivity index (χ3n) is 4.70. The second-order valence-corrected chi connectivity index (χ2v) is 6.20. The number of H-pyrrole nitrogens is 1. The van der Waals surface area contributed by atoms with E-state index in [0.717, 1.165) is 25.2 Å². The second kappa shape index (κ2) is 6.60. The maximum Gasteiger partial charge on any atom is 0.419 e. The minimum Gasteiger partial charge on any atom is -0.408 e. The van der Waals surface area contributed by atoms with E-state index >= 15 is 0 Å². The first kappa shape index (κ1) is 15.7. The third kappa shape index (κ3) is 3.10. The molecule has 0 radical (unpaired) electrons. The van der Waals surface area contributed by atoms with Gasteiger partial charge in [-0.25, -0.2) is 4.79 Å². The van der Waals surface area contributed by atoms with Crippen molar-refractivity contribution in [1.29, 1.82) is 0 Å². The van der Waals surface area contributed by atoms with Crippen LogP contribution in [0.15, 0.2) is 51.8 Å². The van der Waals surface area contributed by atoms with E-state index in [0.29, 0.717) is 30.9 Å². The highest BCUT2D eigenvalue weighted by molar-refractivity contribution is 5.92. The van der Waals surface area contributed by atoms with Gasteiger partial charge in [0.1, 0.15) is 5.69 Å². The minimum atomic E-state index is -0.318. The number of hydrogen-bond acceptors (Lipinski definition) is 4. The average Bonchev–Trinajstić information content (AvgIpc) is 3.27. The molecule has 1 fully saturated rings. The van der Waals surface area contributed by atoms with Crippen molar-refractivity contribution < 1.29 is 9.21 Å². The lowest BCUT2D eigenvalue weighted by Gasteiger charge is -2.34. The predicted molar refractivity (Wildman–Crippen MR) is 93.6 cm³/mol. The number of carbonyl (C=O) groups is 1. The van der Waals surface area contributed by atoms with Gasteiger partial charge in [-0.1, -0.05) is 12.1 Å². The summed E-state index contributed by atoms with van der Waals surface area (Å²) < 4.78 is 6.93. The predicted octanol–water partition coefficient (Wildman–Crippen LogP) is 1.38. The van der Waals surface area contributed by atoms with Gasteiger partial charge in [0.25, 0.3) is 5.91 Å². The molecular weight excluding hydrogens is 320 g/mol. The Bertz CT molecular complexity index is 917. The van der Waals surface area contributed by atoms with Crippen LogP contribution in [0.2, 0.25) is 0 Å². The minimum absolute atomic E-state index is 0.0432. The fourth-order valence-electron chi connectivity index (χ4n) is 3.28. The van der Waals surface area contributed by atoms with Gasteiger partial charge >= 0.3 is 5.76 Å². The Morgan fingerprint density at radius 1 is 1.04 bits per heavy atom. The molecule has 1 aliphatic heterocycles. The number of para-hydroxylation sites is 2. The molecule has 0 unspecified atom stereocenters. The first-order chi connectivity index (χ1) is 12.2. The number of benzene rings is 1. The van der Waals surface area contributed by atoms with Gasteiger partial charge in [-0.15, -0.1) is 0 Å². The van der Waals surface area contributed by atoms with Crippen LogP contribution in [0.5, 0.6) is 0 Å². The molecule has 3 heterocycles. The third-order valence-corrected chi connectivity index (χ3v) is 4.70. The molecule has 1 N–H and O–H groups in total. The number of aromatic amines is 1. The van der Waals surface area contributed by atoms with E-state index in [-0.39, 0.29) is 11.7 Å². The number of fused-ring (bicyclic) bond motifs is 1. The summed E-state index contributed by atoms with van der Waals surface area (Å²) in [6.07, 6.45) is 1.76. The molecule has 1 aromatic carbocycles. The van der Waals surface area contributed by atoms with E-state index in [1.165, 1.54) is 0 Å². The smallest absolute Gasteiger partial charge is 0.408 e. The number of rotatable bonds is 4. The Morgan fingerprint density at radius 2 is 1.84 bits per heavy atom. The Balaban J connectivity index is 1.35. The largest absolute Gasteiger partial charge is 0.419 e. The Labute approximate surface area is 144 Å². The van der Waals surface area contributed by atoms with Crippen molar-refractivity contribution in [2.45, 2.75) is 6.54 Å². The number of oxazole rings is 1. The molecule has 2 aromatic heterocycles. The summed E-state index contributed by atoms with van der Waals surface area (Å²) in [5.74, 6) is -0.275. The zero-order valence-corrected chi connectivity index (χ0v) is 13.9. The molecule has 0 atom stereocenters. The van der Waals surface area contributed by atoms with Crippen molar-refractivity contribution in [3.63, 3.8) is 0 Å². The average molecular weight is 340 g/mol. The van der Waals surface area contributed by atoms with Gasteiger partial charge in [-0.05, 0) is 24.3 Å². The van der Waals surface area contributed by atoms with E-state index in [9.17, 15) is 9.59 Å². The Hall–Kier alpha value is -2.80. The van der Waals surface area contributed by atoms with Gasteiger partial charge < -0.3 is 14.3 Å². The second-order valence-electron chi connectivity index (χ2n) is 6.20. The number of carbonyl (C=O) groups excluding carboxylic acids is 1. The van der Waals surface area contributed by atoms with E-state index in [1.54, 1.807) is 22.9 Å². The van der Waals surface area contributed by atoms with Crippen LogP contribution in [0.25, 0.3) is 11.1 Å². The lowest BCUT2D eigenvalue weighted by atomic mass is 10.2. The molecule has 0 aliphatic carbocycles. The molecule has 0 bridgehead atoms. The monoisotopic (exact) mass is 340 g/mol. The number of aromatic nitrogens is 2. The van der Waals surface area contributed by atoms with Crippen LogP contribution < -0.4 is 5.76 Å². The van der Waals surface area contributed by atoms with Gasteiger partial charge in [0.05, 0.1) is 5.52 Å². The zero-order valence-electron chi connectivity index (χ0n) is 13.9. The summed E-state index contributed by atoms with van der Waals surface area (Å²) in [5, 5.41) is 0. The van der Waals surface area contributed by atoms with Gasteiger partial charge in [0.2, 0.25) is 0 Å². The van der Waals surface area contributed by atoms with Crippen molar-refractivity contribution in [3.05, 3.63) is 58.8 Å². The number of hydrogen-bond donors (Lipinski definition) is 1. The topological polar surface area (TPSA) is 74.5 Å². The number of amides is 1. The molecule has 25 heavy (non-hydrogen) atoms. The summed E-state index contributed by atoms with van der Waals surface area (Å²) in [4.78, 5) is 31.4. The number of piperazine rings is 1. The fraction of sp³-hybridized carbons (Fsp3) is 0.333. The standard InChI is InChI=1S/C18H20N4O3/c23-17(14-4-3-7-19-14)21-11-8-20(9-12-21)10-13-22-15-5-1-2-6-16(15)25-18(22)24/h1-7,19H,8-13H2. The van der Waals surface area contributed by atoms with E-state index in [1.807, 2.05) is 29.2 Å². The molecule has 4 rings (SSSR count). The molecular formula is C18H20N4O3. The summed E-state index contributed by atoms with van der Waals surface area (Å²) in [5.41, 5.74) is 2.08. The molecule has 1 saturated heterocycles. The van der Waals surface area contributed by atoms with Crippen molar-refractivity contribution >= 4 is 17.0 Å². The van der Waals surface area contributed by atoms with Gasteiger partial charge in [-0.2, -0.15) is 0 Å². The molecule has 7 nitrogen and oxygen atoms in total. The van der Waals surface area contributed by atoms with E-state index < -0.39 is 0 Å². The Morgan fingerprint density at radius 3 is 2.60 bits per heavy atom. The number of nitrogens with zero attached hydrogens (tertiary/aromatic N) is 3. The molecule has 130 valence electrons. The quantitative estimate of drug-likeness (QED) is 0.779. The lowest BCUT2D eigenvalue weighted by molar-refractivity contribution is 0.0628. The highest BCUT2D eigenvalue weighted by atomic mass is 16.4. The van der Waals surface area contributed by atoms with Crippen LogP contribution in [0.3, 0.4) is 0 Å². The first-order valence-corrected chi connectivity index (χ1v) is 8.46. The summed E-state index contributed by atoms with van der Waals surface area (Å²) in [6.45, 7) is 4.33. The van der Waals surface area contributed by atoms with Crippen LogP contribution in [-0.4, -0.2) is 58.0 Å². The van der Waals surface area contributed by atoms with Crippen LogP contribution >= 0.6 is 0 Å². The van der Waals surface area contributed by atoms with E-state index in [2.05, 4.69) is 9.88 Å². The normalized spacial score (nSPS) is 15.8. The van der Waals surface area contributed by atoms with Gasteiger partial charge in [0, 0.05) is 45.5 Å². The first-order valence-electron chi connectivity index (χ1n) is 8.46. The van der Waals surface area contributed by atoms with Crippen molar-refractivity contribution in [1.82, 2.24) is 19.4 Å². The van der Waals surface area contributed by atoms with Gasteiger partial charge in [0.15, 0.2) is 5.58 Å². The summed E-state index contributed by atoms with van der Waals surface area (Å²) in [6, 6.07) is 11.1. The molecule has 0 saturated carbocycles. The molecule has 1 amide bonds. The van der Waals surface area contributed by atoms with Crippen LogP contribution in [-0.2, 0) is 6.54 Å². The van der Waals surface area contributed by atoms with Crippen LogP contribution in [0, 0.1) is 0 Å². The highest BCUT2D eigenvalue weighted by Gasteiger charge is 2.22. The van der Waals surface area contributed by atoms with Crippen molar-refractivity contribution in [3.8, 4) is 0 Å². The number of nitrogens with one attached hydrogen (secondary N) is 1.